The summed E-state index contributed by atoms with van der Waals surface area (Å²) in [6.07, 6.45) is 0. The number of hydrogen-bond donors (Lipinski definition) is 2. The molecule has 0 amide bonds. The van der Waals surface area contributed by atoms with Crippen LogP contribution in [0.2, 0.25) is 5.02 Å². The summed E-state index contributed by atoms with van der Waals surface area (Å²) < 4.78 is 13.4. The first kappa shape index (κ1) is 19.2. The molecule has 3 nitrogen and oxygen atoms in total. The van der Waals surface area contributed by atoms with Gasteiger partial charge in [-0.15, -0.1) is 0 Å². The van der Waals surface area contributed by atoms with Gasteiger partial charge < -0.3 is 10.3 Å². The standard InChI is InChI=1S/C24H21ClFN3/c1-15(19-4-3-5-21(26)14-19)27-22-12-8-18(9-13-22)24-28-16(2)23(29-24)17-6-10-20(25)11-7-17/h3-15,27H,1-2H3,(H,28,29)/t15-/m0/s1. The van der Waals surface area contributed by atoms with E-state index < -0.39 is 0 Å². The van der Waals surface area contributed by atoms with Crippen LogP contribution in [0.5, 0.6) is 0 Å². The highest BCUT2D eigenvalue weighted by atomic mass is 35.5. The average molecular weight is 406 g/mol. The summed E-state index contributed by atoms with van der Waals surface area (Å²) in [6, 6.07) is 22.4. The van der Waals surface area contributed by atoms with Crippen LogP contribution in [-0.2, 0) is 0 Å². The Morgan fingerprint density at radius 3 is 2.34 bits per heavy atom. The first-order valence-corrected chi connectivity index (χ1v) is 9.82. The number of aryl methyl sites for hydroxylation is 1. The van der Waals surface area contributed by atoms with Gasteiger partial charge in [-0.05, 0) is 73.5 Å². The zero-order chi connectivity index (χ0) is 20.4. The van der Waals surface area contributed by atoms with Gasteiger partial charge >= 0.3 is 0 Å². The molecule has 29 heavy (non-hydrogen) atoms. The number of rotatable bonds is 5. The summed E-state index contributed by atoms with van der Waals surface area (Å²) in [6.45, 7) is 4.00. The molecule has 146 valence electrons. The van der Waals surface area contributed by atoms with Crippen molar-refractivity contribution in [3.8, 4) is 22.6 Å². The minimum atomic E-state index is -0.226. The third kappa shape index (κ3) is 4.33. The predicted octanol–water partition coefficient (Wildman–Crippen LogP) is 7.02. The van der Waals surface area contributed by atoms with Gasteiger partial charge in [0.25, 0.3) is 0 Å². The van der Waals surface area contributed by atoms with E-state index in [4.69, 9.17) is 11.6 Å². The lowest BCUT2D eigenvalue weighted by Crippen LogP contribution is -2.06. The maximum absolute atomic E-state index is 13.4. The molecular weight excluding hydrogens is 385 g/mol. The predicted molar refractivity (Wildman–Crippen MR) is 118 cm³/mol. The molecule has 1 heterocycles. The molecule has 1 atom stereocenters. The van der Waals surface area contributed by atoms with Crippen LogP contribution in [0.4, 0.5) is 10.1 Å². The summed E-state index contributed by atoms with van der Waals surface area (Å²) >= 11 is 5.99. The van der Waals surface area contributed by atoms with Crippen LogP contribution < -0.4 is 5.32 Å². The molecule has 0 fully saturated rings. The number of hydrogen-bond acceptors (Lipinski definition) is 2. The fraction of sp³-hybridized carbons (Fsp3) is 0.125. The number of imidazole rings is 1. The quantitative estimate of drug-likeness (QED) is 0.374. The Morgan fingerprint density at radius 2 is 1.66 bits per heavy atom. The number of nitrogens with one attached hydrogen (secondary N) is 2. The van der Waals surface area contributed by atoms with E-state index >= 15 is 0 Å². The maximum atomic E-state index is 13.4. The van der Waals surface area contributed by atoms with E-state index in [-0.39, 0.29) is 11.9 Å². The second-order valence-corrected chi connectivity index (χ2v) is 7.49. The Hall–Kier alpha value is -3.11. The highest BCUT2D eigenvalue weighted by Gasteiger charge is 2.11. The molecule has 0 radical (unpaired) electrons. The molecular formula is C24H21ClFN3. The van der Waals surface area contributed by atoms with E-state index in [0.29, 0.717) is 5.02 Å². The van der Waals surface area contributed by atoms with Crippen molar-refractivity contribution < 1.29 is 4.39 Å². The molecule has 2 N–H and O–H groups in total. The van der Waals surface area contributed by atoms with Crippen molar-refractivity contribution in [2.45, 2.75) is 19.9 Å². The first-order valence-electron chi connectivity index (χ1n) is 9.44. The van der Waals surface area contributed by atoms with Crippen molar-refractivity contribution in [2.24, 2.45) is 0 Å². The molecule has 0 saturated carbocycles. The van der Waals surface area contributed by atoms with Crippen molar-refractivity contribution in [3.05, 3.63) is 94.9 Å². The zero-order valence-electron chi connectivity index (χ0n) is 16.2. The van der Waals surface area contributed by atoms with Gasteiger partial charge in [0.05, 0.1) is 11.4 Å². The first-order chi connectivity index (χ1) is 14.0. The van der Waals surface area contributed by atoms with Gasteiger partial charge in [0.2, 0.25) is 0 Å². The largest absolute Gasteiger partial charge is 0.379 e. The van der Waals surface area contributed by atoms with Crippen molar-refractivity contribution in [1.29, 1.82) is 0 Å². The minimum absolute atomic E-state index is 0.00101. The lowest BCUT2D eigenvalue weighted by molar-refractivity contribution is 0.623. The Morgan fingerprint density at radius 1 is 0.966 bits per heavy atom. The Balaban J connectivity index is 1.52. The van der Waals surface area contributed by atoms with E-state index in [1.807, 2.05) is 68.4 Å². The molecule has 3 aromatic carbocycles. The van der Waals surface area contributed by atoms with E-state index in [0.717, 1.165) is 39.6 Å². The molecule has 0 aliphatic heterocycles. The van der Waals surface area contributed by atoms with Crippen molar-refractivity contribution in [2.75, 3.05) is 5.32 Å². The van der Waals surface area contributed by atoms with E-state index in [1.165, 1.54) is 6.07 Å². The highest BCUT2D eigenvalue weighted by molar-refractivity contribution is 6.30. The van der Waals surface area contributed by atoms with Gasteiger partial charge in [-0.25, -0.2) is 9.37 Å². The number of halogens is 2. The van der Waals surface area contributed by atoms with E-state index in [2.05, 4.69) is 15.3 Å². The van der Waals surface area contributed by atoms with Crippen LogP contribution in [0.25, 0.3) is 22.6 Å². The van der Waals surface area contributed by atoms with Gasteiger partial charge in [0.1, 0.15) is 11.6 Å². The van der Waals surface area contributed by atoms with E-state index in [9.17, 15) is 4.39 Å². The number of benzene rings is 3. The van der Waals surface area contributed by atoms with Gasteiger partial charge in [0, 0.05) is 22.3 Å². The number of H-pyrrole nitrogens is 1. The summed E-state index contributed by atoms with van der Waals surface area (Å²) in [7, 11) is 0. The Labute approximate surface area is 174 Å². The normalized spacial score (nSPS) is 12.0. The van der Waals surface area contributed by atoms with E-state index in [1.54, 1.807) is 12.1 Å². The molecule has 5 heteroatoms. The number of anilines is 1. The molecule has 4 aromatic rings. The summed E-state index contributed by atoms with van der Waals surface area (Å²) in [5.74, 6) is 0.591. The molecule has 0 saturated heterocycles. The second-order valence-electron chi connectivity index (χ2n) is 7.05. The molecule has 0 aliphatic rings. The highest BCUT2D eigenvalue weighted by Crippen LogP contribution is 2.28. The number of aromatic nitrogens is 2. The maximum Gasteiger partial charge on any atom is 0.138 e. The van der Waals surface area contributed by atoms with Gasteiger partial charge in [-0.1, -0.05) is 35.9 Å². The van der Waals surface area contributed by atoms with Crippen molar-refractivity contribution in [3.63, 3.8) is 0 Å². The van der Waals surface area contributed by atoms with Gasteiger partial charge in [-0.2, -0.15) is 0 Å². The van der Waals surface area contributed by atoms with Crippen LogP contribution in [0, 0.1) is 12.7 Å². The molecule has 0 spiro atoms. The van der Waals surface area contributed by atoms with Crippen molar-refractivity contribution in [1.82, 2.24) is 9.97 Å². The third-order valence-corrected chi connectivity index (χ3v) is 5.16. The average Bonchev–Trinajstić information content (AvgIpc) is 3.11. The van der Waals surface area contributed by atoms with Crippen LogP contribution >= 0.6 is 11.6 Å². The fourth-order valence-electron chi connectivity index (χ4n) is 3.33. The fourth-order valence-corrected chi connectivity index (χ4v) is 3.45. The van der Waals surface area contributed by atoms with Gasteiger partial charge in [0.15, 0.2) is 0 Å². The summed E-state index contributed by atoms with van der Waals surface area (Å²) in [5.41, 5.74) is 5.84. The monoisotopic (exact) mass is 405 g/mol. The smallest absolute Gasteiger partial charge is 0.138 e. The Kier molecular flexibility index (Phi) is 5.36. The molecule has 0 aliphatic carbocycles. The van der Waals surface area contributed by atoms with Crippen molar-refractivity contribution >= 4 is 17.3 Å². The van der Waals surface area contributed by atoms with Gasteiger partial charge in [-0.3, -0.25) is 0 Å². The summed E-state index contributed by atoms with van der Waals surface area (Å²) in [5, 5.41) is 4.11. The summed E-state index contributed by atoms with van der Waals surface area (Å²) in [4.78, 5) is 8.09. The molecule has 0 bridgehead atoms. The SMILES string of the molecule is Cc1nc(-c2ccc(N[C@@H](C)c3cccc(F)c3)cc2)[nH]c1-c1ccc(Cl)cc1. The van der Waals surface area contributed by atoms with Crippen LogP contribution in [-0.4, -0.2) is 9.97 Å². The van der Waals surface area contributed by atoms with Crippen LogP contribution in [0.3, 0.4) is 0 Å². The minimum Gasteiger partial charge on any atom is -0.379 e. The van der Waals surface area contributed by atoms with Crippen LogP contribution in [0.15, 0.2) is 72.8 Å². The number of nitrogens with zero attached hydrogens (tertiary/aromatic N) is 1. The van der Waals surface area contributed by atoms with Crippen LogP contribution in [0.1, 0.15) is 24.2 Å². The number of aromatic amines is 1. The molecule has 0 unspecified atom stereocenters. The third-order valence-electron chi connectivity index (χ3n) is 4.91. The lowest BCUT2D eigenvalue weighted by Gasteiger charge is -2.16. The zero-order valence-corrected chi connectivity index (χ0v) is 17.0. The molecule has 4 rings (SSSR count). The lowest BCUT2D eigenvalue weighted by atomic mass is 10.1. The molecule has 1 aromatic heterocycles. The second kappa shape index (κ2) is 8.10. The Bertz CT molecular complexity index is 1120. The topological polar surface area (TPSA) is 40.7 Å².